The molecule has 11 heteroatoms. The Labute approximate surface area is 210 Å². The van der Waals surface area contributed by atoms with E-state index in [4.69, 9.17) is 19.9 Å². The molecule has 0 amide bonds. The first-order chi connectivity index (χ1) is 17.6. The number of hydrogen-bond donors (Lipinski definition) is 1. The maximum absolute atomic E-state index is 12.5. The van der Waals surface area contributed by atoms with E-state index in [-0.39, 0.29) is 42.4 Å². The summed E-state index contributed by atoms with van der Waals surface area (Å²) in [5, 5.41) is 3.07. The molecule has 0 radical (unpaired) electrons. The average Bonchev–Trinajstić information content (AvgIpc) is 3.57. The highest BCUT2D eigenvalue weighted by Crippen LogP contribution is 2.34. The van der Waals surface area contributed by atoms with Crippen molar-refractivity contribution in [2.75, 3.05) is 56.7 Å². The number of likely N-dealkylation sites (tertiary alicyclic amines) is 1. The Morgan fingerprint density at radius 2 is 2.08 bits per heavy atom. The molecule has 0 aliphatic carbocycles. The fourth-order valence-electron chi connectivity index (χ4n) is 4.53. The first kappa shape index (κ1) is 25.8. The Bertz CT molecular complexity index is 1040. The molecule has 36 heavy (non-hydrogen) atoms. The third-order valence-corrected chi connectivity index (χ3v) is 6.33. The third kappa shape index (κ3) is 6.88. The lowest BCUT2D eigenvalue weighted by molar-refractivity contribution is -0.141. The van der Waals surface area contributed by atoms with Gasteiger partial charge in [0.15, 0.2) is 17.3 Å². The second-order valence-corrected chi connectivity index (χ2v) is 9.16. The number of carbonyl (C=O) groups is 1. The number of hydrogen-bond acceptors (Lipinski definition) is 11. The predicted molar refractivity (Wildman–Crippen MR) is 135 cm³/mol. The van der Waals surface area contributed by atoms with Crippen molar-refractivity contribution in [3.05, 3.63) is 40.3 Å². The minimum absolute atomic E-state index is 0.0263. The number of nitroso groups, excluding NO2 is 1. The largest absolute Gasteiger partial charge is 0.465 e. The summed E-state index contributed by atoms with van der Waals surface area (Å²) in [6.07, 6.45) is 3.34. The molecule has 0 spiro atoms. The number of carbonyl (C=O) groups excluding carboxylic acids is 1. The second kappa shape index (κ2) is 12.6. The minimum atomic E-state index is -0.453. The zero-order valence-corrected chi connectivity index (χ0v) is 20.7. The molecule has 2 N–H and O–H groups in total. The van der Waals surface area contributed by atoms with Crippen molar-refractivity contribution >= 4 is 23.3 Å². The van der Waals surface area contributed by atoms with Crippen molar-refractivity contribution < 1.29 is 19.0 Å². The van der Waals surface area contributed by atoms with Crippen LogP contribution >= 0.6 is 0 Å². The first-order valence-corrected chi connectivity index (χ1v) is 12.5. The summed E-state index contributed by atoms with van der Waals surface area (Å²) in [4.78, 5) is 36.8. The summed E-state index contributed by atoms with van der Waals surface area (Å²) in [5.74, 6) is -0.195. The van der Waals surface area contributed by atoms with E-state index in [1.165, 1.54) is 18.4 Å². The van der Waals surface area contributed by atoms with Gasteiger partial charge in [0.25, 0.3) is 0 Å². The molecule has 0 saturated carbocycles. The lowest BCUT2D eigenvalue weighted by Gasteiger charge is -2.25. The van der Waals surface area contributed by atoms with Crippen LogP contribution in [0, 0.1) is 10.8 Å². The highest BCUT2D eigenvalue weighted by molar-refractivity contribution is 5.80. The first-order valence-electron chi connectivity index (χ1n) is 12.5. The van der Waals surface area contributed by atoms with Crippen molar-refractivity contribution in [3.63, 3.8) is 0 Å². The Balaban J connectivity index is 1.59. The highest BCUT2D eigenvalue weighted by atomic mass is 16.5. The zero-order valence-electron chi connectivity index (χ0n) is 20.7. The van der Waals surface area contributed by atoms with E-state index in [1.54, 1.807) is 11.8 Å². The molecule has 3 heterocycles. The Kier molecular flexibility index (Phi) is 9.01. The molecule has 1 atom stereocenters. The summed E-state index contributed by atoms with van der Waals surface area (Å²) >= 11 is 0. The van der Waals surface area contributed by atoms with E-state index in [0.29, 0.717) is 26.4 Å². The molecule has 4 rings (SSSR count). The summed E-state index contributed by atoms with van der Waals surface area (Å²) in [6.45, 7) is 6.87. The van der Waals surface area contributed by atoms with Gasteiger partial charge in [0, 0.05) is 25.6 Å². The number of esters is 1. The van der Waals surface area contributed by atoms with Crippen molar-refractivity contribution in [2.24, 2.45) is 11.1 Å². The van der Waals surface area contributed by atoms with Crippen molar-refractivity contribution in [1.82, 2.24) is 14.9 Å². The van der Waals surface area contributed by atoms with Crippen LogP contribution in [0.3, 0.4) is 0 Å². The maximum Gasteiger partial charge on any atom is 0.325 e. The number of nitrogen functional groups attached to an aromatic ring is 1. The monoisotopic (exact) mass is 498 g/mol. The second-order valence-electron chi connectivity index (χ2n) is 9.16. The molecular formula is C25H34N6O5. The van der Waals surface area contributed by atoms with Gasteiger partial charge in [0.05, 0.1) is 19.8 Å². The van der Waals surface area contributed by atoms with Gasteiger partial charge in [0.2, 0.25) is 0 Å². The van der Waals surface area contributed by atoms with Gasteiger partial charge < -0.3 is 24.8 Å². The third-order valence-electron chi connectivity index (χ3n) is 6.33. The fraction of sp³-hybridized carbons (Fsp3) is 0.560. The number of ether oxygens (including phenoxy) is 3. The van der Waals surface area contributed by atoms with Crippen LogP contribution in [0.5, 0.6) is 6.01 Å². The van der Waals surface area contributed by atoms with Crippen LogP contribution in [-0.2, 0) is 27.4 Å². The van der Waals surface area contributed by atoms with E-state index >= 15 is 0 Å². The van der Waals surface area contributed by atoms with E-state index in [1.807, 2.05) is 12.1 Å². The molecule has 11 nitrogen and oxygen atoms in total. The van der Waals surface area contributed by atoms with Crippen LogP contribution in [0.1, 0.15) is 37.3 Å². The number of anilines is 2. The summed E-state index contributed by atoms with van der Waals surface area (Å²) in [5.41, 5.74) is 8.06. The Hall–Kier alpha value is -3.31. The Morgan fingerprint density at radius 1 is 1.28 bits per heavy atom. The van der Waals surface area contributed by atoms with Gasteiger partial charge in [-0.1, -0.05) is 24.3 Å². The normalized spacial score (nSPS) is 17.8. The molecule has 1 aromatic carbocycles. The molecule has 2 aromatic rings. The lowest BCUT2D eigenvalue weighted by Crippen LogP contribution is -2.32. The van der Waals surface area contributed by atoms with Crippen molar-refractivity contribution in [2.45, 2.75) is 39.3 Å². The molecule has 1 unspecified atom stereocenters. The van der Waals surface area contributed by atoms with E-state index in [0.717, 1.165) is 31.6 Å². The summed E-state index contributed by atoms with van der Waals surface area (Å²) in [7, 11) is 0. The van der Waals surface area contributed by atoms with Gasteiger partial charge in [-0.3, -0.25) is 9.69 Å². The van der Waals surface area contributed by atoms with Crippen LogP contribution in [0.4, 0.5) is 17.3 Å². The summed E-state index contributed by atoms with van der Waals surface area (Å²) in [6, 6.07) is 8.19. The highest BCUT2D eigenvalue weighted by Gasteiger charge is 2.24. The number of nitrogens with zero attached hydrogens (tertiary/aromatic N) is 5. The summed E-state index contributed by atoms with van der Waals surface area (Å²) < 4.78 is 16.3. The van der Waals surface area contributed by atoms with Gasteiger partial charge in [-0.05, 0) is 55.6 Å². The number of aromatic nitrogens is 2. The van der Waals surface area contributed by atoms with Gasteiger partial charge in [-0.25, -0.2) is 0 Å². The van der Waals surface area contributed by atoms with Crippen LogP contribution in [-0.4, -0.2) is 66.9 Å². The van der Waals surface area contributed by atoms with Crippen molar-refractivity contribution in [1.29, 1.82) is 0 Å². The average molecular weight is 499 g/mol. The smallest absolute Gasteiger partial charge is 0.325 e. The molecule has 2 aliphatic heterocycles. The van der Waals surface area contributed by atoms with Crippen LogP contribution in [0.2, 0.25) is 0 Å². The molecule has 1 aromatic heterocycles. The van der Waals surface area contributed by atoms with Gasteiger partial charge in [-0.15, -0.1) is 4.91 Å². The SMILES string of the molecule is CCOC(=O)CN(Cc1cccc(CN2CCCC2)c1)c1nc(OCC2CCOC2)nc(N)c1N=O. The Morgan fingerprint density at radius 3 is 2.81 bits per heavy atom. The standard InChI is InChI=1S/C25H34N6O5/c1-2-35-21(32)15-31(14-19-7-5-6-18(12-19)13-30-9-3-4-10-30)24-22(29-33)23(26)27-25(28-24)36-17-20-8-11-34-16-20/h5-7,12,20H,2-4,8-11,13-17H2,1H3,(H2,26,27,28). The molecule has 2 aliphatic rings. The topological polar surface area (TPSA) is 132 Å². The lowest BCUT2D eigenvalue weighted by atomic mass is 10.1. The maximum atomic E-state index is 12.5. The molecule has 0 bridgehead atoms. The zero-order chi connectivity index (χ0) is 25.3. The van der Waals surface area contributed by atoms with Gasteiger partial charge >= 0.3 is 12.0 Å². The molecule has 2 fully saturated rings. The van der Waals surface area contributed by atoms with E-state index in [2.05, 4.69) is 32.2 Å². The van der Waals surface area contributed by atoms with E-state index < -0.39 is 5.97 Å². The molecular weight excluding hydrogens is 464 g/mol. The van der Waals surface area contributed by atoms with Gasteiger partial charge in [0.1, 0.15) is 6.54 Å². The number of benzene rings is 1. The van der Waals surface area contributed by atoms with Crippen LogP contribution < -0.4 is 15.4 Å². The van der Waals surface area contributed by atoms with E-state index in [9.17, 15) is 9.70 Å². The van der Waals surface area contributed by atoms with Crippen LogP contribution in [0.25, 0.3) is 0 Å². The molecule has 2 saturated heterocycles. The molecule has 194 valence electrons. The fourth-order valence-corrected chi connectivity index (χ4v) is 4.53. The quantitative estimate of drug-likeness (QED) is 0.344. The predicted octanol–water partition coefficient (Wildman–Crippen LogP) is 3.04. The van der Waals surface area contributed by atoms with Crippen molar-refractivity contribution in [3.8, 4) is 6.01 Å². The van der Waals surface area contributed by atoms with Crippen LogP contribution in [0.15, 0.2) is 29.4 Å². The van der Waals surface area contributed by atoms with Gasteiger partial charge in [-0.2, -0.15) is 9.97 Å². The minimum Gasteiger partial charge on any atom is -0.465 e. The number of nitrogens with two attached hydrogens (primary N) is 1. The number of rotatable bonds is 12.